The number of amides is 1. The third-order valence-corrected chi connectivity index (χ3v) is 4.92. The van der Waals surface area contributed by atoms with Gasteiger partial charge in [-0.25, -0.2) is 0 Å². The van der Waals surface area contributed by atoms with E-state index < -0.39 is 35.0 Å². The van der Waals surface area contributed by atoms with E-state index in [1.54, 1.807) is 18.2 Å². The van der Waals surface area contributed by atoms with Crippen molar-refractivity contribution < 1.29 is 31.1 Å². The number of hydrogen-bond acceptors (Lipinski definition) is 2. The number of fused-ring (bicyclic) bond motifs is 3. The smallest absolute Gasteiger partial charge is 0.311 e. The molecule has 4 rings (SSSR count). The van der Waals surface area contributed by atoms with Gasteiger partial charge in [-0.05, 0) is 29.8 Å². The second kappa shape index (κ2) is 5.48. The van der Waals surface area contributed by atoms with Crippen molar-refractivity contribution in [2.75, 3.05) is 13.1 Å². The number of nitrogens with one attached hydrogen (secondary N) is 1. The SMILES string of the molecule is O=C1c2ccccc2[C@]2(c3cc(C(F)(F)F)cc(C(F)(F)F)c3)NCCN12. The molecule has 2 aliphatic heterocycles. The molecule has 2 heterocycles. The highest BCUT2D eigenvalue weighted by atomic mass is 19.4. The molecular weight excluding hydrogens is 374 g/mol. The second-order valence-corrected chi connectivity index (χ2v) is 6.43. The second-order valence-electron chi connectivity index (χ2n) is 6.43. The predicted octanol–water partition coefficient (Wildman–Crippen LogP) is 3.98. The monoisotopic (exact) mass is 386 g/mol. The molecule has 142 valence electrons. The third-order valence-electron chi connectivity index (χ3n) is 4.92. The fraction of sp³-hybridized carbons (Fsp3) is 0.278. The van der Waals surface area contributed by atoms with E-state index >= 15 is 0 Å². The molecule has 0 spiro atoms. The first-order chi connectivity index (χ1) is 12.5. The molecule has 0 aromatic heterocycles. The van der Waals surface area contributed by atoms with Crippen LogP contribution in [0.3, 0.4) is 0 Å². The summed E-state index contributed by atoms with van der Waals surface area (Å²) >= 11 is 0. The zero-order chi connectivity index (χ0) is 19.6. The highest BCUT2D eigenvalue weighted by Gasteiger charge is 2.54. The summed E-state index contributed by atoms with van der Waals surface area (Å²) in [5.74, 6) is -0.429. The maximum atomic E-state index is 13.3. The van der Waals surface area contributed by atoms with Crippen molar-refractivity contribution in [1.82, 2.24) is 10.2 Å². The van der Waals surface area contributed by atoms with Gasteiger partial charge in [-0.15, -0.1) is 0 Å². The van der Waals surface area contributed by atoms with E-state index in [0.29, 0.717) is 17.7 Å². The van der Waals surface area contributed by atoms with Gasteiger partial charge < -0.3 is 4.90 Å². The molecule has 1 N–H and O–H groups in total. The van der Waals surface area contributed by atoms with Crippen LogP contribution in [0.25, 0.3) is 0 Å². The minimum Gasteiger partial charge on any atom is -0.311 e. The molecule has 2 aromatic rings. The molecular formula is C18H12F6N2O. The van der Waals surface area contributed by atoms with Crippen LogP contribution < -0.4 is 5.32 Å². The predicted molar refractivity (Wildman–Crippen MR) is 82.7 cm³/mol. The van der Waals surface area contributed by atoms with E-state index in [1.807, 2.05) is 0 Å². The molecule has 27 heavy (non-hydrogen) atoms. The fourth-order valence-corrected chi connectivity index (χ4v) is 3.81. The Morgan fingerprint density at radius 3 is 2.11 bits per heavy atom. The first kappa shape index (κ1) is 17.8. The summed E-state index contributed by atoms with van der Waals surface area (Å²) in [6.45, 7) is 0.419. The quantitative estimate of drug-likeness (QED) is 0.752. The number of halogens is 6. The Hall–Kier alpha value is -2.55. The van der Waals surface area contributed by atoms with Crippen LogP contribution in [0.5, 0.6) is 0 Å². The van der Waals surface area contributed by atoms with Crippen molar-refractivity contribution in [2.24, 2.45) is 0 Å². The van der Waals surface area contributed by atoms with E-state index in [0.717, 1.165) is 0 Å². The number of carbonyl (C=O) groups excluding carboxylic acids is 1. The third kappa shape index (κ3) is 2.52. The zero-order valence-electron chi connectivity index (χ0n) is 13.6. The standard InChI is InChI=1S/C18H12F6N2O/c19-17(20,21)11-7-10(8-12(9-11)18(22,23)24)16-14-4-2-1-3-13(14)15(27)26(16)6-5-25-16/h1-4,7-9,25H,5-6H2/t16-/m1/s1. The normalized spacial score (nSPS) is 22.1. The summed E-state index contributed by atoms with van der Waals surface area (Å²) in [5, 5.41) is 2.96. The molecule has 1 saturated heterocycles. The summed E-state index contributed by atoms with van der Waals surface area (Å²) in [5.41, 5.74) is -4.02. The molecule has 0 saturated carbocycles. The molecule has 2 aliphatic rings. The van der Waals surface area contributed by atoms with E-state index in [-0.39, 0.29) is 30.3 Å². The molecule has 1 amide bonds. The van der Waals surface area contributed by atoms with Crippen molar-refractivity contribution in [3.63, 3.8) is 0 Å². The molecule has 3 nitrogen and oxygen atoms in total. The lowest BCUT2D eigenvalue weighted by Gasteiger charge is -2.34. The van der Waals surface area contributed by atoms with E-state index in [4.69, 9.17) is 0 Å². The summed E-state index contributed by atoms with van der Waals surface area (Å²) in [4.78, 5) is 13.9. The largest absolute Gasteiger partial charge is 0.416 e. The summed E-state index contributed by atoms with van der Waals surface area (Å²) < 4.78 is 79.6. The van der Waals surface area contributed by atoms with Crippen LogP contribution in [0.15, 0.2) is 42.5 Å². The van der Waals surface area contributed by atoms with Crippen molar-refractivity contribution in [2.45, 2.75) is 18.0 Å². The van der Waals surface area contributed by atoms with Crippen LogP contribution in [-0.4, -0.2) is 23.9 Å². The van der Waals surface area contributed by atoms with E-state index in [9.17, 15) is 31.1 Å². The lowest BCUT2D eigenvalue weighted by Crippen LogP contribution is -2.47. The number of carbonyl (C=O) groups is 1. The van der Waals surface area contributed by atoms with Gasteiger partial charge in [0.25, 0.3) is 5.91 Å². The Bertz CT molecular complexity index is 904. The highest BCUT2D eigenvalue weighted by Crippen LogP contribution is 2.47. The first-order valence-electron chi connectivity index (χ1n) is 8.01. The lowest BCUT2D eigenvalue weighted by atomic mass is 9.89. The zero-order valence-corrected chi connectivity index (χ0v) is 13.6. The van der Waals surface area contributed by atoms with Crippen molar-refractivity contribution in [3.05, 3.63) is 70.3 Å². The van der Waals surface area contributed by atoms with Gasteiger partial charge in [-0.3, -0.25) is 10.1 Å². The number of rotatable bonds is 1. The Labute approximate surface area is 149 Å². The highest BCUT2D eigenvalue weighted by molar-refractivity contribution is 6.01. The first-order valence-corrected chi connectivity index (χ1v) is 8.01. The lowest BCUT2D eigenvalue weighted by molar-refractivity contribution is -0.143. The average molecular weight is 386 g/mol. The number of alkyl halides is 6. The summed E-state index contributed by atoms with van der Waals surface area (Å²) in [6.07, 6.45) is -9.92. The van der Waals surface area contributed by atoms with Gasteiger partial charge in [0.05, 0.1) is 11.1 Å². The minimum atomic E-state index is -4.96. The maximum Gasteiger partial charge on any atom is 0.416 e. The molecule has 0 bridgehead atoms. The van der Waals surface area contributed by atoms with Crippen molar-refractivity contribution >= 4 is 5.91 Å². The van der Waals surface area contributed by atoms with Gasteiger partial charge in [0.15, 0.2) is 0 Å². The van der Waals surface area contributed by atoms with Gasteiger partial charge in [0.2, 0.25) is 0 Å². The van der Waals surface area contributed by atoms with Crippen molar-refractivity contribution in [1.29, 1.82) is 0 Å². The Morgan fingerprint density at radius 1 is 0.926 bits per heavy atom. The van der Waals surface area contributed by atoms with Crippen LogP contribution >= 0.6 is 0 Å². The van der Waals surface area contributed by atoms with Gasteiger partial charge in [-0.2, -0.15) is 26.3 Å². The van der Waals surface area contributed by atoms with Gasteiger partial charge in [0.1, 0.15) is 5.66 Å². The van der Waals surface area contributed by atoms with E-state index in [2.05, 4.69) is 5.32 Å². The molecule has 1 fully saturated rings. The summed E-state index contributed by atoms with van der Waals surface area (Å²) in [7, 11) is 0. The number of hydrogen-bond donors (Lipinski definition) is 1. The molecule has 0 unspecified atom stereocenters. The topological polar surface area (TPSA) is 32.3 Å². The maximum absolute atomic E-state index is 13.3. The van der Waals surface area contributed by atoms with Crippen LogP contribution in [-0.2, 0) is 18.0 Å². The average Bonchev–Trinajstić information content (AvgIpc) is 3.13. The summed E-state index contributed by atoms with van der Waals surface area (Å²) in [6, 6.07) is 7.68. The molecule has 0 radical (unpaired) electrons. The molecule has 9 heteroatoms. The Morgan fingerprint density at radius 2 is 1.52 bits per heavy atom. The minimum absolute atomic E-state index is 0.0854. The van der Waals surface area contributed by atoms with Gasteiger partial charge in [-0.1, -0.05) is 18.2 Å². The van der Waals surface area contributed by atoms with Crippen molar-refractivity contribution in [3.8, 4) is 0 Å². The number of nitrogens with zero attached hydrogens (tertiary/aromatic N) is 1. The Kier molecular flexibility index (Phi) is 3.62. The van der Waals surface area contributed by atoms with Gasteiger partial charge in [0, 0.05) is 24.2 Å². The van der Waals surface area contributed by atoms with Crippen LogP contribution in [0.1, 0.15) is 32.6 Å². The molecule has 1 atom stereocenters. The van der Waals surface area contributed by atoms with Crippen LogP contribution in [0.2, 0.25) is 0 Å². The van der Waals surface area contributed by atoms with Gasteiger partial charge >= 0.3 is 12.4 Å². The number of benzene rings is 2. The van der Waals surface area contributed by atoms with E-state index in [1.165, 1.54) is 11.0 Å². The molecule has 2 aromatic carbocycles. The Balaban J connectivity index is 2.01. The fourth-order valence-electron chi connectivity index (χ4n) is 3.81. The van der Waals surface area contributed by atoms with Crippen LogP contribution in [0.4, 0.5) is 26.3 Å². The molecule has 0 aliphatic carbocycles. The van der Waals surface area contributed by atoms with Crippen LogP contribution in [0, 0.1) is 0 Å².